The van der Waals surface area contributed by atoms with Crippen molar-refractivity contribution in [3.05, 3.63) is 0 Å². The van der Waals surface area contributed by atoms with Gasteiger partial charge in [0.1, 0.15) is 0 Å². The van der Waals surface area contributed by atoms with Crippen LogP contribution in [0.15, 0.2) is 0 Å². The molecule has 3 nitrogen and oxygen atoms in total. The zero-order valence-corrected chi connectivity index (χ0v) is 7.56. The molecule has 1 saturated carbocycles. The van der Waals surface area contributed by atoms with E-state index in [4.69, 9.17) is 5.11 Å². The monoisotopic (exact) mass is 160 g/mol. The van der Waals surface area contributed by atoms with Crippen LogP contribution in [0.5, 0.6) is 0 Å². The van der Waals surface area contributed by atoms with Gasteiger partial charge in [-0.15, -0.1) is 0 Å². The average molecular weight is 160 g/mol. The second kappa shape index (κ2) is 7.98. The van der Waals surface area contributed by atoms with E-state index in [0.29, 0.717) is 0 Å². The van der Waals surface area contributed by atoms with E-state index < -0.39 is 0 Å². The van der Waals surface area contributed by atoms with Gasteiger partial charge < -0.3 is 5.11 Å². The first-order chi connectivity index (χ1) is 5.35. The first kappa shape index (κ1) is 10.9. The molecule has 3 heteroatoms. The van der Waals surface area contributed by atoms with Gasteiger partial charge in [-0.2, -0.15) is 0 Å². The smallest absolute Gasteiger partial charge is 0.0402 e. The summed E-state index contributed by atoms with van der Waals surface area (Å²) in [4.78, 5) is 0. The number of hydrogen-bond donors (Lipinski definition) is 3. The van der Waals surface area contributed by atoms with Gasteiger partial charge in [0.25, 0.3) is 0 Å². The zero-order valence-electron chi connectivity index (χ0n) is 7.56. The molecule has 1 aliphatic rings. The summed E-state index contributed by atoms with van der Waals surface area (Å²) in [6, 6.07) is 0.750. The van der Waals surface area contributed by atoms with E-state index >= 15 is 0 Å². The predicted octanol–water partition coefficient (Wildman–Crippen LogP) is 0.652. The molecular weight excluding hydrogens is 140 g/mol. The van der Waals surface area contributed by atoms with E-state index in [1.165, 1.54) is 25.7 Å². The third-order valence-electron chi connectivity index (χ3n) is 1.70. The summed E-state index contributed by atoms with van der Waals surface area (Å²) in [5.74, 6) is 0. The standard InChI is InChI=1S/C6H14N2.C2H6O/c1-7-8-6-4-2-3-5-6;1-2-3/h6-8H,2-5H2,1H3;3H,2H2,1H3. The van der Waals surface area contributed by atoms with Crippen LogP contribution in [0.4, 0.5) is 0 Å². The molecule has 3 N–H and O–H groups in total. The number of nitrogens with one attached hydrogen (secondary N) is 2. The van der Waals surface area contributed by atoms with Gasteiger partial charge in [0.2, 0.25) is 0 Å². The van der Waals surface area contributed by atoms with Crippen molar-refractivity contribution < 1.29 is 5.11 Å². The van der Waals surface area contributed by atoms with Crippen LogP contribution in [0.2, 0.25) is 0 Å². The molecule has 1 rings (SSSR count). The van der Waals surface area contributed by atoms with Crippen molar-refractivity contribution in [1.29, 1.82) is 0 Å². The fourth-order valence-corrected chi connectivity index (χ4v) is 1.27. The lowest BCUT2D eigenvalue weighted by molar-refractivity contribution is 0.318. The highest BCUT2D eigenvalue weighted by atomic mass is 16.2. The van der Waals surface area contributed by atoms with Crippen LogP contribution in [0.1, 0.15) is 32.6 Å². The molecule has 0 aromatic carbocycles. The number of hydrazine groups is 1. The van der Waals surface area contributed by atoms with Crippen LogP contribution < -0.4 is 10.9 Å². The molecule has 1 fully saturated rings. The third kappa shape index (κ3) is 6.28. The van der Waals surface area contributed by atoms with Crippen molar-refractivity contribution >= 4 is 0 Å². The Morgan fingerprint density at radius 1 is 1.36 bits per heavy atom. The van der Waals surface area contributed by atoms with Crippen LogP contribution in [0.3, 0.4) is 0 Å². The Hall–Kier alpha value is -0.120. The van der Waals surface area contributed by atoms with E-state index in [2.05, 4.69) is 10.9 Å². The Labute approximate surface area is 69.2 Å². The van der Waals surface area contributed by atoms with Gasteiger partial charge >= 0.3 is 0 Å². The summed E-state index contributed by atoms with van der Waals surface area (Å²) in [6.45, 7) is 1.93. The zero-order chi connectivity index (χ0) is 8.53. The SMILES string of the molecule is CCO.CNNC1CCCC1. The normalized spacial score (nSPS) is 17.7. The molecule has 0 bridgehead atoms. The fourth-order valence-electron chi connectivity index (χ4n) is 1.27. The molecule has 1 aliphatic carbocycles. The molecule has 0 atom stereocenters. The van der Waals surface area contributed by atoms with Crippen molar-refractivity contribution in [1.82, 2.24) is 10.9 Å². The van der Waals surface area contributed by atoms with E-state index in [1.54, 1.807) is 6.92 Å². The van der Waals surface area contributed by atoms with Gasteiger partial charge in [-0.1, -0.05) is 12.8 Å². The maximum atomic E-state index is 7.57. The molecule has 0 aliphatic heterocycles. The lowest BCUT2D eigenvalue weighted by Crippen LogP contribution is -2.36. The Bertz CT molecular complexity index is 72.5. The summed E-state index contributed by atoms with van der Waals surface area (Å²) < 4.78 is 0. The Morgan fingerprint density at radius 2 is 1.82 bits per heavy atom. The third-order valence-corrected chi connectivity index (χ3v) is 1.70. The molecule has 11 heavy (non-hydrogen) atoms. The highest BCUT2D eigenvalue weighted by molar-refractivity contribution is 4.70. The summed E-state index contributed by atoms with van der Waals surface area (Å²) in [5, 5.41) is 7.57. The topological polar surface area (TPSA) is 44.3 Å². The molecule has 0 radical (unpaired) electrons. The summed E-state index contributed by atoms with van der Waals surface area (Å²) >= 11 is 0. The second-order valence-corrected chi connectivity index (χ2v) is 2.69. The molecule has 0 saturated heterocycles. The quantitative estimate of drug-likeness (QED) is 0.520. The summed E-state index contributed by atoms with van der Waals surface area (Å²) in [5.41, 5.74) is 6.15. The fraction of sp³-hybridized carbons (Fsp3) is 1.00. The summed E-state index contributed by atoms with van der Waals surface area (Å²) in [7, 11) is 1.93. The predicted molar refractivity (Wildman–Crippen MR) is 47.2 cm³/mol. The number of rotatable bonds is 2. The largest absolute Gasteiger partial charge is 0.397 e. The maximum Gasteiger partial charge on any atom is 0.0402 e. The highest BCUT2D eigenvalue weighted by Gasteiger charge is 2.12. The van der Waals surface area contributed by atoms with Gasteiger partial charge in [-0.25, -0.2) is 0 Å². The lowest BCUT2D eigenvalue weighted by Gasteiger charge is -2.08. The van der Waals surface area contributed by atoms with Gasteiger partial charge in [0.15, 0.2) is 0 Å². The molecule has 0 aromatic heterocycles. The van der Waals surface area contributed by atoms with Crippen molar-refractivity contribution in [2.75, 3.05) is 13.7 Å². The molecule has 0 amide bonds. The van der Waals surface area contributed by atoms with Crippen molar-refractivity contribution in [2.45, 2.75) is 38.6 Å². The molecule has 0 heterocycles. The molecular formula is C8H20N2O. The van der Waals surface area contributed by atoms with E-state index in [-0.39, 0.29) is 6.61 Å². The van der Waals surface area contributed by atoms with Crippen LogP contribution in [0.25, 0.3) is 0 Å². The van der Waals surface area contributed by atoms with Crippen molar-refractivity contribution in [3.63, 3.8) is 0 Å². The summed E-state index contributed by atoms with van der Waals surface area (Å²) in [6.07, 6.45) is 5.50. The van der Waals surface area contributed by atoms with Crippen molar-refractivity contribution in [3.8, 4) is 0 Å². The average Bonchev–Trinajstić information content (AvgIpc) is 2.42. The lowest BCUT2D eigenvalue weighted by atomic mass is 10.3. The van der Waals surface area contributed by atoms with Crippen LogP contribution in [-0.2, 0) is 0 Å². The molecule has 0 spiro atoms. The Morgan fingerprint density at radius 3 is 2.18 bits per heavy atom. The minimum absolute atomic E-state index is 0.250. The molecule has 0 aromatic rings. The van der Waals surface area contributed by atoms with E-state index in [9.17, 15) is 0 Å². The first-order valence-electron chi connectivity index (χ1n) is 4.38. The first-order valence-corrected chi connectivity index (χ1v) is 4.38. The van der Waals surface area contributed by atoms with Crippen molar-refractivity contribution in [2.24, 2.45) is 0 Å². The van der Waals surface area contributed by atoms with E-state index in [0.717, 1.165) is 6.04 Å². The van der Waals surface area contributed by atoms with Gasteiger partial charge in [0.05, 0.1) is 0 Å². The van der Waals surface area contributed by atoms with Gasteiger partial charge in [0, 0.05) is 12.6 Å². The minimum Gasteiger partial charge on any atom is -0.397 e. The molecule has 68 valence electrons. The van der Waals surface area contributed by atoms with Crippen LogP contribution >= 0.6 is 0 Å². The highest BCUT2D eigenvalue weighted by Crippen LogP contribution is 2.16. The van der Waals surface area contributed by atoms with Gasteiger partial charge in [-0.05, 0) is 26.8 Å². The van der Waals surface area contributed by atoms with Gasteiger partial charge in [-0.3, -0.25) is 10.9 Å². The Kier molecular flexibility index (Phi) is 7.89. The Balaban J connectivity index is 0.000000292. The second-order valence-electron chi connectivity index (χ2n) is 2.69. The number of hydrogen-bond acceptors (Lipinski definition) is 3. The maximum absolute atomic E-state index is 7.57. The molecule has 0 unspecified atom stereocenters. The number of aliphatic hydroxyl groups is 1. The van der Waals surface area contributed by atoms with Crippen LogP contribution in [0, 0.1) is 0 Å². The van der Waals surface area contributed by atoms with E-state index in [1.807, 2.05) is 7.05 Å². The number of aliphatic hydroxyl groups excluding tert-OH is 1. The van der Waals surface area contributed by atoms with Crippen LogP contribution in [-0.4, -0.2) is 24.8 Å². The minimum atomic E-state index is 0.250.